The van der Waals surface area contributed by atoms with E-state index in [1.807, 2.05) is 11.8 Å². The van der Waals surface area contributed by atoms with Crippen molar-refractivity contribution in [2.75, 3.05) is 13.1 Å². The Morgan fingerprint density at radius 2 is 2.44 bits per heavy atom. The van der Waals surface area contributed by atoms with Crippen LogP contribution in [0.5, 0.6) is 0 Å². The molecule has 2 aliphatic heterocycles. The van der Waals surface area contributed by atoms with E-state index in [1.165, 1.54) is 0 Å². The third kappa shape index (κ3) is 1.37. The minimum absolute atomic E-state index is 0.127. The first-order chi connectivity index (χ1) is 7.77. The molecule has 1 amide bonds. The summed E-state index contributed by atoms with van der Waals surface area (Å²) in [4.78, 5) is 14.3. The van der Waals surface area contributed by atoms with Gasteiger partial charge in [-0.15, -0.1) is 0 Å². The van der Waals surface area contributed by atoms with Gasteiger partial charge in [-0.3, -0.25) is 4.79 Å². The van der Waals surface area contributed by atoms with Crippen molar-refractivity contribution in [1.29, 1.82) is 0 Å². The number of rotatable bonds is 1. The van der Waals surface area contributed by atoms with E-state index < -0.39 is 0 Å². The molecule has 86 valence electrons. The van der Waals surface area contributed by atoms with Gasteiger partial charge in [0.25, 0.3) is 5.91 Å². The number of likely N-dealkylation sites (tertiary alicyclic amines) is 1. The summed E-state index contributed by atoms with van der Waals surface area (Å²) in [6.45, 7) is 3.74. The van der Waals surface area contributed by atoms with Crippen molar-refractivity contribution in [3.05, 3.63) is 23.7 Å². The maximum atomic E-state index is 12.3. The van der Waals surface area contributed by atoms with E-state index in [1.54, 1.807) is 12.3 Å². The van der Waals surface area contributed by atoms with Crippen LogP contribution in [0.1, 0.15) is 29.0 Å². The third-order valence-electron chi connectivity index (χ3n) is 3.74. The monoisotopic (exact) mass is 220 g/mol. The lowest BCUT2D eigenvalue weighted by Gasteiger charge is -2.22. The summed E-state index contributed by atoms with van der Waals surface area (Å²) >= 11 is 0. The second-order valence-corrected chi connectivity index (χ2v) is 4.59. The highest BCUT2D eigenvalue weighted by molar-refractivity contribution is 5.95. The summed E-state index contributed by atoms with van der Waals surface area (Å²) in [6.07, 6.45) is 3.74. The summed E-state index contributed by atoms with van der Waals surface area (Å²) in [5.41, 5.74) is 0.715. The van der Waals surface area contributed by atoms with Gasteiger partial charge in [-0.25, -0.2) is 0 Å². The van der Waals surface area contributed by atoms with Crippen LogP contribution in [-0.2, 0) is 0 Å². The molecule has 0 aromatic carbocycles. The number of carbonyl (C=O) groups is 1. The number of carbonyl (C=O) groups excluding carboxylic acids is 1. The highest BCUT2D eigenvalue weighted by Crippen LogP contribution is 2.27. The van der Waals surface area contributed by atoms with Crippen molar-refractivity contribution in [2.24, 2.45) is 0 Å². The molecule has 2 aliphatic rings. The smallest absolute Gasteiger partial charge is 0.257 e. The van der Waals surface area contributed by atoms with Gasteiger partial charge in [-0.2, -0.15) is 0 Å². The molecular weight excluding hydrogens is 204 g/mol. The third-order valence-corrected chi connectivity index (χ3v) is 3.74. The molecule has 3 rings (SSSR count). The number of hydrogen-bond acceptors (Lipinski definition) is 3. The SMILES string of the molecule is Cc1occc1C(=O)N1CCC2NCCC21. The van der Waals surface area contributed by atoms with E-state index in [0.29, 0.717) is 17.6 Å². The summed E-state index contributed by atoms with van der Waals surface area (Å²) in [5.74, 6) is 0.849. The topological polar surface area (TPSA) is 45.5 Å². The molecule has 0 radical (unpaired) electrons. The lowest BCUT2D eigenvalue weighted by molar-refractivity contribution is 0.0735. The van der Waals surface area contributed by atoms with Gasteiger partial charge in [-0.05, 0) is 32.4 Å². The first-order valence-corrected chi connectivity index (χ1v) is 5.86. The minimum atomic E-state index is 0.127. The summed E-state index contributed by atoms with van der Waals surface area (Å²) in [7, 11) is 0. The zero-order chi connectivity index (χ0) is 11.1. The number of fused-ring (bicyclic) bond motifs is 1. The molecule has 4 nitrogen and oxygen atoms in total. The highest BCUT2D eigenvalue weighted by atomic mass is 16.3. The molecule has 2 atom stereocenters. The Morgan fingerprint density at radius 1 is 1.56 bits per heavy atom. The molecule has 1 aromatic rings. The molecule has 1 N–H and O–H groups in total. The van der Waals surface area contributed by atoms with Gasteiger partial charge in [0.1, 0.15) is 5.76 Å². The van der Waals surface area contributed by atoms with Gasteiger partial charge in [0.05, 0.1) is 11.8 Å². The second kappa shape index (κ2) is 3.63. The number of hydrogen-bond donors (Lipinski definition) is 1. The minimum Gasteiger partial charge on any atom is -0.469 e. The lowest BCUT2D eigenvalue weighted by atomic mass is 10.1. The average Bonchev–Trinajstić information content (AvgIpc) is 2.90. The van der Waals surface area contributed by atoms with Crippen LogP contribution in [0.2, 0.25) is 0 Å². The quantitative estimate of drug-likeness (QED) is 0.772. The average molecular weight is 220 g/mol. The fraction of sp³-hybridized carbons (Fsp3) is 0.583. The predicted octanol–water partition coefficient (Wildman–Crippen LogP) is 1.16. The van der Waals surface area contributed by atoms with Crippen LogP contribution < -0.4 is 5.32 Å². The Morgan fingerprint density at radius 3 is 3.19 bits per heavy atom. The first kappa shape index (κ1) is 9.90. The molecule has 2 unspecified atom stereocenters. The van der Waals surface area contributed by atoms with E-state index in [0.717, 1.165) is 31.7 Å². The standard InChI is InChI=1S/C12H16N2O2/c1-8-9(4-7-16-8)12(15)14-6-3-10-11(14)2-5-13-10/h4,7,10-11,13H,2-3,5-6H2,1H3. The van der Waals surface area contributed by atoms with Gasteiger partial charge in [0.2, 0.25) is 0 Å². The normalized spacial score (nSPS) is 28.4. The van der Waals surface area contributed by atoms with Crippen molar-refractivity contribution in [3.8, 4) is 0 Å². The van der Waals surface area contributed by atoms with Crippen LogP contribution in [0.4, 0.5) is 0 Å². The molecule has 2 fully saturated rings. The van der Waals surface area contributed by atoms with Crippen molar-refractivity contribution in [3.63, 3.8) is 0 Å². The van der Waals surface area contributed by atoms with Crippen LogP contribution in [0.3, 0.4) is 0 Å². The molecule has 2 saturated heterocycles. The molecule has 0 bridgehead atoms. The van der Waals surface area contributed by atoms with Crippen molar-refractivity contribution in [2.45, 2.75) is 31.8 Å². The first-order valence-electron chi connectivity index (χ1n) is 5.86. The van der Waals surface area contributed by atoms with Crippen molar-refractivity contribution >= 4 is 5.91 Å². The van der Waals surface area contributed by atoms with E-state index in [2.05, 4.69) is 5.32 Å². The Balaban J connectivity index is 1.83. The predicted molar refractivity (Wildman–Crippen MR) is 59.3 cm³/mol. The fourth-order valence-electron chi connectivity index (χ4n) is 2.88. The molecule has 0 saturated carbocycles. The van der Waals surface area contributed by atoms with Crippen molar-refractivity contribution < 1.29 is 9.21 Å². The van der Waals surface area contributed by atoms with E-state index >= 15 is 0 Å². The largest absolute Gasteiger partial charge is 0.469 e. The fourth-order valence-corrected chi connectivity index (χ4v) is 2.88. The van der Waals surface area contributed by atoms with E-state index in [4.69, 9.17) is 4.42 Å². The van der Waals surface area contributed by atoms with Crippen LogP contribution in [0.15, 0.2) is 16.7 Å². The summed E-state index contributed by atoms with van der Waals surface area (Å²) in [5, 5.41) is 3.45. The maximum Gasteiger partial charge on any atom is 0.257 e. The van der Waals surface area contributed by atoms with Gasteiger partial charge in [0.15, 0.2) is 0 Å². The van der Waals surface area contributed by atoms with Crippen LogP contribution >= 0.6 is 0 Å². The van der Waals surface area contributed by atoms with Gasteiger partial charge in [0, 0.05) is 18.6 Å². The van der Waals surface area contributed by atoms with Crippen molar-refractivity contribution in [1.82, 2.24) is 10.2 Å². The zero-order valence-corrected chi connectivity index (χ0v) is 9.40. The molecule has 4 heteroatoms. The second-order valence-electron chi connectivity index (χ2n) is 4.59. The maximum absolute atomic E-state index is 12.3. The Hall–Kier alpha value is -1.29. The van der Waals surface area contributed by atoms with E-state index in [9.17, 15) is 4.79 Å². The Bertz CT molecular complexity index is 413. The van der Waals surface area contributed by atoms with Crippen LogP contribution in [0.25, 0.3) is 0 Å². The molecule has 1 aromatic heterocycles. The highest BCUT2D eigenvalue weighted by Gasteiger charge is 2.40. The number of amides is 1. The number of aryl methyl sites for hydroxylation is 1. The van der Waals surface area contributed by atoms with Gasteiger partial charge >= 0.3 is 0 Å². The molecule has 3 heterocycles. The molecule has 16 heavy (non-hydrogen) atoms. The summed E-state index contributed by atoms with van der Waals surface area (Å²) in [6, 6.07) is 2.67. The molecule has 0 spiro atoms. The van der Waals surface area contributed by atoms with Crippen LogP contribution in [-0.4, -0.2) is 36.0 Å². The lowest BCUT2D eigenvalue weighted by Crippen LogP contribution is -2.38. The van der Waals surface area contributed by atoms with Gasteiger partial charge in [-0.1, -0.05) is 0 Å². The summed E-state index contributed by atoms with van der Waals surface area (Å²) < 4.78 is 5.19. The Labute approximate surface area is 94.6 Å². The number of nitrogens with zero attached hydrogens (tertiary/aromatic N) is 1. The van der Waals surface area contributed by atoms with Gasteiger partial charge < -0.3 is 14.6 Å². The Kier molecular flexibility index (Phi) is 2.24. The zero-order valence-electron chi connectivity index (χ0n) is 9.40. The van der Waals surface area contributed by atoms with Crippen LogP contribution in [0, 0.1) is 6.92 Å². The molecular formula is C12H16N2O2. The molecule has 0 aliphatic carbocycles. The number of furan rings is 1. The number of nitrogens with one attached hydrogen (secondary N) is 1. The van der Waals surface area contributed by atoms with E-state index in [-0.39, 0.29) is 5.91 Å².